The van der Waals surface area contributed by atoms with Gasteiger partial charge in [0, 0.05) is 6.61 Å². The van der Waals surface area contributed by atoms with E-state index in [0.29, 0.717) is 12.3 Å². The van der Waals surface area contributed by atoms with E-state index in [-0.39, 0.29) is 12.6 Å². The molecule has 0 unspecified atom stereocenters. The van der Waals surface area contributed by atoms with Crippen molar-refractivity contribution in [2.45, 2.75) is 33.1 Å². The van der Waals surface area contributed by atoms with Gasteiger partial charge in [0.1, 0.15) is 6.73 Å². The predicted molar refractivity (Wildman–Crippen MR) is 72.1 cm³/mol. The fraction of sp³-hybridized carbons (Fsp3) is 0.500. The van der Waals surface area contributed by atoms with Crippen molar-refractivity contribution in [1.29, 1.82) is 0 Å². The number of hydrogen-bond acceptors (Lipinski definition) is 2. The van der Waals surface area contributed by atoms with Crippen LogP contribution in [0.4, 0.5) is 10.5 Å². The molecule has 0 aliphatic carbocycles. The maximum Gasteiger partial charge on any atom is 0.413 e. The lowest BCUT2D eigenvalue weighted by Gasteiger charge is -2.23. The van der Waals surface area contributed by atoms with E-state index in [1.54, 1.807) is 0 Å². The number of carboxylic acid groups (broad SMARTS) is 1. The van der Waals surface area contributed by atoms with E-state index in [1.165, 1.54) is 4.90 Å². The van der Waals surface area contributed by atoms with Gasteiger partial charge in [0.2, 0.25) is 0 Å². The lowest BCUT2D eigenvalue weighted by Crippen LogP contribution is -2.32. The number of ether oxygens (including phenoxy) is 1. The molecule has 1 aromatic rings. The zero-order chi connectivity index (χ0) is 13.5. The number of para-hydroxylation sites is 1. The van der Waals surface area contributed by atoms with E-state index < -0.39 is 6.09 Å². The predicted octanol–water partition coefficient (Wildman–Crippen LogP) is 3.68. The summed E-state index contributed by atoms with van der Waals surface area (Å²) in [5.74, 6) is 0.272. The Morgan fingerprint density at radius 2 is 2.06 bits per heavy atom. The van der Waals surface area contributed by atoms with Gasteiger partial charge in [-0.25, -0.2) is 4.79 Å². The maximum atomic E-state index is 11.3. The van der Waals surface area contributed by atoms with Crippen molar-refractivity contribution in [1.82, 2.24) is 0 Å². The molecule has 4 nitrogen and oxygen atoms in total. The molecule has 18 heavy (non-hydrogen) atoms. The summed E-state index contributed by atoms with van der Waals surface area (Å²) in [6.45, 7) is 6.73. The van der Waals surface area contributed by atoms with Gasteiger partial charge in [-0.15, -0.1) is 0 Å². The summed E-state index contributed by atoms with van der Waals surface area (Å²) in [5, 5.41) is 9.28. The van der Waals surface area contributed by atoms with E-state index >= 15 is 0 Å². The molecule has 1 amide bonds. The van der Waals surface area contributed by atoms with Crippen LogP contribution in [0.1, 0.15) is 38.7 Å². The van der Waals surface area contributed by atoms with Gasteiger partial charge in [0.05, 0.1) is 5.69 Å². The Bertz CT molecular complexity index is 390. The molecule has 0 atom stereocenters. The van der Waals surface area contributed by atoms with Crippen LogP contribution in [0.3, 0.4) is 0 Å². The van der Waals surface area contributed by atoms with E-state index in [9.17, 15) is 9.90 Å². The van der Waals surface area contributed by atoms with Crippen molar-refractivity contribution in [2.24, 2.45) is 0 Å². The molecule has 100 valence electrons. The molecule has 1 N–H and O–H groups in total. The zero-order valence-corrected chi connectivity index (χ0v) is 11.2. The number of anilines is 1. The van der Waals surface area contributed by atoms with Gasteiger partial charge < -0.3 is 9.84 Å². The maximum absolute atomic E-state index is 11.3. The van der Waals surface area contributed by atoms with Crippen LogP contribution in [0, 0.1) is 0 Å². The second-order valence-corrected chi connectivity index (χ2v) is 4.46. The lowest BCUT2D eigenvalue weighted by molar-refractivity contribution is 0.127. The van der Waals surface area contributed by atoms with E-state index in [4.69, 9.17) is 4.74 Å². The second kappa shape index (κ2) is 7.01. The number of nitrogens with zero attached hydrogens (tertiary/aromatic N) is 1. The molecule has 0 fully saturated rings. The smallest absolute Gasteiger partial charge is 0.413 e. The summed E-state index contributed by atoms with van der Waals surface area (Å²) in [7, 11) is 0. The largest absolute Gasteiger partial charge is 0.465 e. The first-order valence-corrected chi connectivity index (χ1v) is 6.25. The molecule has 0 aliphatic rings. The Morgan fingerprint density at radius 3 is 2.61 bits per heavy atom. The van der Waals surface area contributed by atoms with Crippen molar-refractivity contribution in [3.63, 3.8) is 0 Å². The highest BCUT2D eigenvalue weighted by Gasteiger charge is 2.18. The first kappa shape index (κ1) is 14.5. The Morgan fingerprint density at radius 1 is 1.39 bits per heavy atom. The fourth-order valence-electron chi connectivity index (χ4n) is 1.75. The molecular weight excluding hydrogens is 230 g/mol. The summed E-state index contributed by atoms with van der Waals surface area (Å²) in [5.41, 5.74) is 1.72. The third-order valence-corrected chi connectivity index (χ3v) is 2.65. The number of rotatable bonds is 6. The normalized spacial score (nSPS) is 10.7. The molecule has 0 spiro atoms. The Hall–Kier alpha value is -1.55. The molecule has 0 bridgehead atoms. The first-order valence-electron chi connectivity index (χ1n) is 6.25. The molecular formula is C14H21NO3. The van der Waals surface area contributed by atoms with Crippen molar-refractivity contribution < 1.29 is 14.6 Å². The van der Waals surface area contributed by atoms with Crippen LogP contribution in [0.15, 0.2) is 24.3 Å². The van der Waals surface area contributed by atoms with Crippen LogP contribution in [-0.4, -0.2) is 24.5 Å². The monoisotopic (exact) mass is 251 g/mol. The van der Waals surface area contributed by atoms with Crippen LogP contribution >= 0.6 is 0 Å². The quantitative estimate of drug-likeness (QED) is 0.619. The number of carbonyl (C=O) groups is 1. The highest BCUT2D eigenvalue weighted by atomic mass is 16.5. The SMILES string of the molecule is CCCOCN(C(=O)O)c1ccccc1C(C)C. The fourth-order valence-corrected chi connectivity index (χ4v) is 1.75. The minimum atomic E-state index is -0.987. The Labute approximate surface area is 108 Å². The minimum absolute atomic E-state index is 0.0763. The topological polar surface area (TPSA) is 49.8 Å². The van der Waals surface area contributed by atoms with Gasteiger partial charge in [0.15, 0.2) is 0 Å². The minimum Gasteiger partial charge on any atom is -0.465 e. The van der Waals surface area contributed by atoms with Gasteiger partial charge in [-0.1, -0.05) is 39.0 Å². The molecule has 0 saturated heterocycles. The van der Waals surface area contributed by atoms with Crippen molar-refractivity contribution in [2.75, 3.05) is 18.2 Å². The van der Waals surface area contributed by atoms with Crippen molar-refractivity contribution in [3.8, 4) is 0 Å². The van der Waals surface area contributed by atoms with E-state index in [1.807, 2.05) is 45.0 Å². The summed E-state index contributed by atoms with van der Waals surface area (Å²) < 4.78 is 5.34. The molecule has 1 aromatic carbocycles. The first-order chi connectivity index (χ1) is 8.57. The summed E-state index contributed by atoms with van der Waals surface area (Å²) >= 11 is 0. The summed E-state index contributed by atoms with van der Waals surface area (Å²) in [6.07, 6.45) is -0.113. The van der Waals surface area contributed by atoms with Crippen LogP contribution in [0.25, 0.3) is 0 Å². The lowest BCUT2D eigenvalue weighted by atomic mass is 10.0. The Kier molecular flexibility index (Phi) is 5.65. The third kappa shape index (κ3) is 3.74. The van der Waals surface area contributed by atoms with Gasteiger partial charge in [-0.3, -0.25) is 4.90 Å². The van der Waals surface area contributed by atoms with E-state index in [2.05, 4.69) is 0 Å². The van der Waals surface area contributed by atoms with Crippen LogP contribution in [0.2, 0.25) is 0 Å². The summed E-state index contributed by atoms with van der Waals surface area (Å²) in [6, 6.07) is 7.54. The molecule has 0 saturated carbocycles. The highest BCUT2D eigenvalue weighted by Crippen LogP contribution is 2.27. The Balaban J connectivity index is 2.94. The highest BCUT2D eigenvalue weighted by molar-refractivity contribution is 5.87. The number of amides is 1. The average molecular weight is 251 g/mol. The van der Waals surface area contributed by atoms with Crippen molar-refractivity contribution in [3.05, 3.63) is 29.8 Å². The standard InChI is InChI=1S/C14H21NO3/c1-4-9-18-10-15(14(16)17)13-8-6-5-7-12(13)11(2)3/h5-8,11H,4,9-10H2,1-3H3,(H,16,17). The van der Waals surface area contributed by atoms with Crippen LogP contribution in [0.5, 0.6) is 0 Å². The van der Waals surface area contributed by atoms with Crippen LogP contribution in [-0.2, 0) is 4.74 Å². The average Bonchev–Trinajstić information content (AvgIpc) is 2.34. The number of hydrogen-bond donors (Lipinski definition) is 1. The van der Waals surface area contributed by atoms with Crippen molar-refractivity contribution >= 4 is 11.8 Å². The number of benzene rings is 1. The van der Waals surface area contributed by atoms with Gasteiger partial charge in [-0.05, 0) is 24.0 Å². The second-order valence-electron chi connectivity index (χ2n) is 4.46. The molecule has 4 heteroatoms. The molecule has 1 rings (SSSR count). The molecule has 0 aromatic heterocycles. The molecule has 0 heterocycles. The van der Waals surface area contributed by atoms with Gasteiger partial charge in [-0.2, -0.15) is 0 Å². The van der Waals surface area contributed by atoms with Crippen LogP contribution < -0.4 is 4.90 Å². The summed E-state index contributed by atoms with van der Waals surface area (Å²) in [4.78, 5) is 12.6. The molecule has 0 radical (unpaired) electrons. The van der Waals surface area contributed by atoms with Gasteiger partial charge in [0.25, 0.3) is 0 Å². The third-order valence-electron chi connectivity index (χ3n) is 2.65. The molecule has 0 aliphatic heterocycles. The van der Waals surface area contributed by atoms with Gasteiger partial charge >= 0.3 is 6.09 Å². The van der Waals surface area contributed by atoms with E-state index in [0.717, 1.165) is 12.0 Å². The zero-order valence-electron chi connectivity index (χ0n) is 11.2.